The Bertz CT molecular complexity index is 986. The predicted molar refractivity (Wildman–Crippen MR) is 136 cm³/mol. The smallest absolute Gasteiger partial charge is 0.349 e. The first kappa shape index (κ1) is 29.6. The molecule has 1 unspecified atom stereocenters. The molecule has 36 heavy (non-hydrogen) atoms. The molecule has 1 aliphatic rings. The number of esters is 3. The lowest BCUT2D eigenvalue weighted by molar-refractivity contribution is -0.181. The number of benzene rings is 1. The third kappa shape index (κ3) is 6.21. The lowest BCUT2D eigenvalue weighted by atomic mass is 9.78. The van der Waals surface area contributed by atoms with Crippen LogP contribution in [0.2, 0.25) is 0 Å². The first-order valence-corrected chi connectivity index (χ1v) is 12.7. The molecule has 0 radical (unpaired) electrons. The topological polar surface area (TPSA) is 119 Å². The molecule has 9 nitrogen and oxygen atoms in total. The number of methoxy groups -OCH3 is 2. The number of hydrogen-bond donors (Lipinski definition) is 1. The minimum atomic E-state index is -2.53. The lowest BCUT2D eigenvalue weighted by Gasteiger charge is -2.33. The monoisotopic (exact) mass is 523 g/mol. The molecule has 0 spiro atoms. The fourth-order valence-electron chi connectivity index (χ4n) is 4.04. The van der Waals surface area contributed by atoms with Crippen LogP contribution in [0.1, 0.15) is 77.0 Å². The van der Waals surface area contributed by atoms with Crippen LogP contribution in [-0.2, 0) is 39.5 Å². The van der Waals surface area contributed by atoms with Crippen LogP contribution in [0.3, 0.4) is 0 Å². The number of thioether (sulfide) groups is 1. The third-order valence-corrected chi connectivity index (χ3v) is 7.24. The summed E-state index contributed by atoms with van der Waals surface area (Å²) in [6.45, 7) is 13.4. The van der Waals surface area contributed by atoms with Crippen LogP contribution in [0.25, 0.3) is 0 Å². The van der Waals surface area contributed by atoms with Crippen LogP contribution < -0.4 is 4.74 Å². The van der Waals surface area contributed by atoms with Gasteiger partial charge in [0.05, 0.1) is 20.0 Å². The van der Waals surface area contributed by atoms with Crippen molar-refractivity contribution in [2.75, 3.05) is 26.5 Å². The van der Waals surface area contributed by atoms with Crippen LogP contribution >= 0.6 is 11.8 Å². The SMILES string of the molecule is COC(=O)C(O)(CCN1C(=O)CSC1c1cc(C(C)(C)C)c(OC(C)=O)c(C(C)(C)C)c1)C(=O)OC. The summed E-state index contributed by atoms with van der Waals surface area (Å²) in [6.07, 6.45) is -0.390. The van der Waals surface area contributed by atoms with E-state index in [9.17, 15) is 24.3 Å². The van der Waals surface area contributed by atoms with E-state index in [1.165, 1.54) is 23.6 Å². The summed E-state index contributed by atoms with van der Waals surface area (Å²) in [7, 11) is 2.12. The number of nitrogens with zero attached hydrogens (tertiary/aromatic N) is 1. The molecule has 1 saturated heterocycles. The minimum Gasteiger partial charge on any atom is -0.466 e. The second kappa shape index (κ2) is 10.8. The average Bonchev–Trinajstić information content (AvgIpc) is 3.14. The van der Waals surface area contributed by atoms with Gasteiger partial charge in [-0.1, -0.05) is 41.5 Å². The second-order valence-electron chi connectivity index (χ2n) is 10.9. The maximum absolute atomic E-state index is 12.9. The summed E-state index contributed by atoms with van der Waals surface area (Å²) >= 11 is 1.40. The Balaban J connectivity index is 2.58. The Morgan fingerprint density at radius 3 is 1.86 bits per heavy atom. The van der Waals surface area contributed by atoms with Gasteiger partial charge in [-0.15, -0.1) is 11.8 Å². The van der Waals surface area contributed by atoms with Gasteiger partial charge < -0.3 is 24.2 Å². The Morgan fingerprint density at radius 2 is 1.47 bits per heavy atom. The minimum absolute atomic E-state index is 0.0847. The fraction of sp³-hybridized carbons (Fsp3) is 0.615. The van der Waals surface area contributed by atoms with E-state index in [1.807, 2.05) is 53.7 Å². The first-order valence-electron chi connectivity index (χ1n) is 11.6. The average molecular weight is 524 g/mol. The molecule has 1 amide bonds. The third-order valence-electron chi connectivity index (χ3n) is 5.99. The lowest BCUT2D eigenvalue weighted by Crippen LogP contribution is -2.50. The molecule has 0 saturated carbocycles. The van der Waals surface area contributed by atoms with Crippen LogP contribution in [0.5, 0.6) is 5.75 Å². The van der Waals surface area contributed by atoms with Gasteiger partial charge in [0.1, 0.15) is 11.1 Å². The highest BCUT2D eigenvalue weighted by molar-refractivity contribution is 8.00. The molecule has 2 rings (SSSR count). The molecular formula is C26H37NO8S. The van der Waals surface area contributed by atoms with Crippen molar-refractivity contribution in [3.63, 3.8) is 0 Å². The summed E-state index contributed by atoms with van der Waals surface area (Å²) in [5.41, 5.74) is -0.838. The molecular weight excluding hydrogens is 486 g/mol. The molecule has 1 aliphatic heterocycles. The highest BCUT2D eigenvalue weighted by Crippen LogP contribution is 2.46. The standard InChI is InChI=1S/C26H37NO8S/c1-15(28)35-20-17(24(2,3)4)12-16(13-18(20)25(5,6)7)21-27(19(29)14-36-21)11-10-26(32,22(30)33-8)23(31)34-9/h12-13,21,32H,10-11,14H2,1-9H3. The molecule has 0 aliphatic carbocycles. The second-order valence-corrected chi connectivity index (χ2v) is 12.0. The Morgan fingerprint density at radius 1 is 1.00 bits per heavy atom. The molecule has 200 valence electrons. The van der Waals surface area contributed by atoms with Gasteiger partial charge >= 0.3 is 17.9 Å². The van der Waals surface area contributed by atoms with E-state index in [1.54, 1.807) is 0 Å². The van der Waals surface area contributed by atoms with Gasteiger partial charge in [-0.05, 0) is 28.5 Å². The summed E-state index contributed by atoms with van der Waals surface area (Å²) in [4.78, 5) is 50.7. The van der Waals surface area contributed by atoms with Gasteiger partial charge in [0.2, 0.25) is 5.91 Å². The Kier molecular flexibility index (Phi) is 8.89. The van der Waals surface area contributed by atoms with Crippen molar-refractivity contribution in [3.05, 3.63) is 28.8 Å². The number of amides is 1. The Hall–Kier alpha value is -2.59. The van der Waals surface area contributed by atoms with Crippen molar-refractivity contribution in [2.24, 2.45) is 0 Å². The van der Waals surface area contributed by atoms with Crippen molar-refractivity contribution >= 4 is 35.6 Å². The van der Waals surface area contributed by atoms with Crippen LogP contribution in [-0.4, -0.2) is 65.9 Å². The molecule has 1 atom stereocenters. The van der Waals surface area contributed by atoms with E-state index in [2.05, 4.69) is 9.47 Å². The summed E-state index contributed by atoms with van der Waals surface area (Å²) in [5.74, 6) is -2.21. The Labute approximate surface area is 216 Å². The zero-order chi connectivity index (χ0) is 27.6. The highest BCUT2D eigenvalue weighted by Gasteiger charge is 2.48. The van der Waals surface area contributed by atoms with Crippen molar-refractivity contribution in [1.82, 2.24) is 4.90 Å². The summed E-state index contributed by atoms with van der Waals surface area (Å²) in [6, 6.07) is 3.87. The van der Waals surface area contributed by atoms with Crippen LogP contribution in [0.15, 0.2) is 12.1 Å². The zero-order valence-corrected chi connectivity index (χ0v) is 23.3. The number of carbonyl (C=O) groups is 4. The van der Waals surface area contributed by atoms with Gasteiger partial charge in [-0.25, -0.2) is 9.59 Å². The van der Waals surface area contributed by atoms with E-state index in [0.717, 1.165) is 30.9 Å². The van der Waals surface area contributed by atoms with Gasteiger partial charge in [-0.3, -0.25) is 9.59 Å². The highest BCUT2D eigenvalue weighted by atomic mass is 32.2. The molecule has 1 aromatic carbocycles. The molecule has 1 aromatic rings. The van der Waals surface area contributed by atoms with E-state index >= 15 is 0 Å². The normalized spacial score (nSPS) is 16.7. The largest absolute Gasteiger partial charge is 0.466 e. The summed E-state index contributed by atoms with van der Waals surface area (Å²) in [5, 5.41) is 10.3. The number of rotatable bonds is 7. The maximum Gasteiger partial charge on any atom is 0.349 e. The predicted octanol–water partition coefficient (Wildman–Crippen LogP) is 3.25. The quantitative estimate of drug-likeness (QED) is 0.326. The zero-order valence-electron chi connectivity index (χ0n) is 22.5. The molecule has 1 fully saturated rings. The number of ether oxygens (including phenoxy) is 3. The maximum atomic E-state index is 12.9. The van der Waals surface area contributed by atoms with E-state index < -0.39 is 28.9 Å². The number of hydrogen-bond acceptors (Lipinski definition) is 9. The van der Waals surface area contributed by atoms with Crippen molar-refractivity contribution in [2.45, 2.75) is 76.7 Å². The molecule has 10 heteroatoms. The van der Waals surface area contributed by atoms with Crippen molar-refractivity contribution in [3.8, 4) is 5.75 Å². The van der Waals surface area contributed by atoms with E-state index in [0.29, 0.717) is 5.75 Å². The van der Waals surface area contributed by atoms with Crippen LogP contribution in [0, 0.1) is 0 Å². The first-order chi connectivity index (χ1) is 16.5. The van der Waals surface area contributed by atoms with Crippen LogP contribution in [0.4, 0.5) is 0 Å². The van der Waals surface area contributed by atoms with Crippen molar-refractivity contribution < 1.29 is 38.5 Å². The fourth-order valence-corrected chi connectivity index (χ4v) is 5.24. The van der Waals surface area contributed by atoms with Gasteiger partial charge in [-0.2, -0.15) is 0 Å². The van der Waals surface area contributed by atoms with Gasteiger partial charge in [0, 0.05) is 31.0 Å². The van der Waals surface area contributed by atoms with E-state index in [4.69, 9.17) is 4.74 Å². The van der Waals surface area contributed by atoms with Gasteiger partial charge in [0.25, 0.3) is 5.60 Å². The molecule has 0 aromatic heterocycles. The number of carbonyl (C=O) groups excluding carboxylic acids is 4. The molecule has 0 bridgehead atoms. The van der Waals surface area contributed by atoms with Gasteiger partial charge in [0.15, 0.2) is 0 Å². The number of aliphatic hydroxyl groups is 1. The summed E-state index contributed by atoms with van der Waals surface area (Å²) < 4.78 is 14.9. The van der Waals surface area contributed by atoms with E-state index in [-0.39, 0.29) is 35.5 Å². The van der Waals surface area contributed by atoms with Crippen molar-refractivity contribution in [1.29, 1.82) is 0 Å². The molecule has 1 heterocycles. The molecule has 1 N–H and O–H groups in total.